The molecule has 1 atom stereocenters. The molecule has 0 unspecified atom stereocenters. The van der Waals surface area contributed by atoms with Gasteiger partial charge in [-0.2, -0.15) is 0 Å². The molecular formula is C29H35N3O6S2. The molecule has 1 amide bonds. The number of nitrogens with zero attached hydrogens (tertiary/aromatic N) is 1. The minimum absolute atomic E-state index is 0.0386. The van der Waals surface area contributed by atoms with E-state index in [1.165, 1.54) is 28.6 Å². The van der Waals surface area contributed by atoms with Gasteiger partial charge in [0.1, 0.15) is 5.75 Å². The fraction of sp³-hybridized carbons (Fsp3) is 0.345. The van der Waals surface area contributed by atoms with E-state index in [9.17, 15) is 21.6 Å². The molecule has 1 aliphatic heterocycles. The van der Waals surface area contributed by atoms with Crippen LogP contribution in [0.1, 0.15) is 31.7 Å². The summed E-state index contributed by atoms with van der Waals surface area (Å²) in [6, 6.07) is 22.2. The first-order chi connectivity index (χ1) is 19.2. The van der Waals surface area contributed by atoms with Crippen molar-refractivity contribution in [1.82, 2.24) is 4.31 Å². The second kappa shape index (κ2) is 13.3. The zero-order chi connectivity index (χ0) is 28.6. The fourth-order valence-corrected chi connectivity index (χ4v) is 7.24. The highest BCUT2D eigenvalue weighted by Gasteiger charge is 2.32. The molecule has 40 heavy (non-hydrogen) atoms. The minimum atomic E-state index is -3.83. The molecule has 0 bridgehead atoms. The van der Waals surface area contributed by atoms with Gasteiger partial charge in [0.15, 0.2) is 0 Å². The Balaban J connectivity index is 1.30. The summed E-state index contributed by atoms with van der Waals surface area (Å²) in [5.74, 6) is -0.0846. The van der Waals surface area contributed by atoms with Crippen molar-refractivity contribution < 1.29 is 26.4 Å². The van der Waals surface area contributed by atoms with Gasteiger partial charge in [-0.05, 0) is 86.7 Å². The number of aryl methyl sites for hydroxylation is 1. The van der Waals surface area contributed by atoms with Gasteiger partial charge in [0, 0.05) is 24.5 Å². The van der Waals surface area contributed by atoms with Gasteiger partial charge in [-0.1, -0.05) is 30.3 Å². The fourth-order valence-electron chi connectivity index (χ4n) is 4.60. The average Bonchev–Trinajstić information content (AvgIpc) is 2.95. The number of hydrogen-bond acceptors (Lipinski definition) is 6. The van der Waals surface area contributed by atoms with Crippen LogP contribution >= 0.6 is 0 Å². The molecule has 1 fully saturated rings. The van der Waals surface area contributed by atoms with Gasteiger partial charge in [0.25, 0.3) is 10.0 Å². The standard InChI is InChI=1S/C29H35N3O6S2/c1-2-38-27-16-12-26(13-17-27)31-40(36,37)28-18-14-25(15-19-28)30-29(33)24-11-6-20-32(22-24)39(34,35)21-7-10-23-8-4-3-5-9-23/h3-5,8-9,12-19,24,31H,2,6-7,10-11,20-22H2,1H3,(H,30,33)/t24-/m1/s1. The van der Waals surface area contributed by atoms with E-state index in [4.69, 9.17) is 4.74 Å². The molecule has 9 nitrogen and oxygen atoms in total. The molecule has 4 rings (SSSR count). The van der Waals surface area contributed by atoms with Crippen molar-refractivity contribution in [1.29, 1.82) is 0 Å². The van der Waals surface area contributed by atoms with E-state index >= 15 is 0 Å². The SMILES string of the molecule is CCOc1ccc(NS(=O)(=O)c2ccc(NC(=O)[C@@H]3CCCN(S(=O)(=O)CCCc4ccccc4)C3)cc2)cc1. The van der Waals surface area contributed by atoms with Gasteiger partial charge in [0.05, 0.1) is 23.2 Å². The first kappa shape index (κ1) is 29.6. The summed E-state index contributed by atoms with van der Waals surface area (Å²) in [6.07, 6.45) is 2.38. The largest absolute Gasteiger partial charge is 0.494 e. The maximum absolute atomic E-state index is 13.0. The highest BCUT2D eigenvalue weighted by Crippen LogP contribution is 2.24. The molecule has 1 heterocycles. The summed E-state index contributed by atoms with van der Waals surface area (Å²) in [5.41, 5.74) is 1.94. The topological polar surface area (TPSA) is 122 Å². The van der Waals surface area contributed by atoms with Crippen LogP contribution in [0.15, 0.2) is 83.8 Å². The van der Waals surface area contributed by atoms with Crippen molar-refractivity contribution in [3.05, 3.63) is 84.4 Å². The lowest BCUT2D eigenvalue weighted by atomic mass is 9.99. The van der Waals surface area contributed by atoms with E-state index in [1.807, 2.05) is 37.3 Å². The number of carbonyl (C=O) groups is 1. The van der Waals surface area contributed by atoms with E-state index in [0.29, 0.717) is 56.0 Å². The van der Waals surface area contributed by atoms with E-state index in [-0.39, 0.29) is 23.1 Å². The van der Waals surface area contributed by atoms with Crippen LogP contribution in [0.3, 0.4) is 0 Å². The zero-order valence-electron chi connectivity index (χ0n) is 22.5. The summed E-state index contributed by atoms with van der Waals surface area (Å²) in [5, 5.41) is 2.81. The van der Waals surface area contributed by atoms with Crippen LogP contribution in [0.4, 0.5) is 11.4 Å². The number of carbonyl (C=O) groups excluding carboxylic acids is 1. The Kier molecular flexibility index (Phi) is 9.83. The Morgan fingerprint density at radius 3 is 2.27 bits per heavy atom. The van der Waals surface area contributed by atoms with E-state index in [2.05, 4.69) is 10.0 Å². The molecule has 1 saturated heterocycles. The van der Waals surface area contributed by atoms with Crippen LogP contribution in [-0.4, -0.2) is 52.5 Å². The number of ether oxygens (including phenoxy) is 1. The molecule has 0 saturated carbocycles. The van der Waals surface area contributed by atoms with Crippen molar-refractivity contribution in [2.75, 3.05) is 35.5 Å². The molecule has 214 valence electrons. The highest BCUT2D eigenvalue weighted by atomic mass is 32.2. The third-order valence-corrected chi connectivity index (χ3v) is 10.0. The monoisotopic (exact) mass is 585 g/mol. The Labute approximate surface area is 236 Å². The normalized spacial score (nSPS) is 16.3. The van der Waals surface area contributed by atoms with Crippen molar-refractivity contribution >= 4 is 37.3 Å². The zero-order valence-corrected chi connectivity index (χ0v) is 24.1. The maximum Gasteiger partial charge on any atom is 0.261 e. The average molecular weight is 586 g/mol. The Hall–Kier alpha value is -3.41. The predicted octanol–water partition coefficient (Wildman–Crippen LogP) is 4.50. The van der Waals surface area contributed by atoms with Gasteiger partial charge in [-0.25, -0.2) is 21.1 Å². The Morgan fingerprint density at radius 2 is 1.60 bits per heavy atom. The van der Waals surface area contributed by atoms with Crippen LogP contribution < -0.4 is 14.8 Å². The third-order valence-electron chi connectivity index (χ3n) is 6.71. The lowest BCUT2D eigenvalue weighted by molar-refractivity contribution is -0.120. The summed E-state index contributed by atoms with van der Waals surface area (Å²) in [7, 11) is -7.30. The van der Waals surface area contributed by atoms with Crippen molar-refractivity contribution in [2.45, 2.75) is 37.5 Å². The van der Waals surface area contributed by atoms with Crippen LogP contribution in [0.2, 0.25) is 0 Å². The Bertz CT molecular complexity index is 1480. The molecule has 0 spiro atoms. The first-order valence-electron chi connectivity index (χ1n) is 13.3. The van der Waals surface area contributed by atoms with E-state index < -0.39 is 26.0 Å². The molecule has 11 heteroatoms. The van der Waals surface area contributed by atoms with Gasteiger partial charge in [0.2, 0.25) is 15.9 Å². The second-order valence-electron chi connectivity index (χ2n) is 9.68. The number of anilines is 2. The molecule has 0 aromatic heterocycles. The van der Waals surface area contributed by atoms with Gasteiger partial charge < -0.3 is 10.1 Å². The second-order valence-corrected chi connectivity index (χ2v) is 13.4. The maximum atomic E-state index is 13.0. The summed E-state index contributed by atoms with van der Waals surface area (Å²) < 4.78 is 60.8. The predicted molar refractivity (Wildman–Crippen MR) is 156 cm³/mol. The third kappa shape index (κ3) is 8.06. The van der Waals surface area contributed by atoms with Crippen molar-refractivity contribution in [2.24, 2.45) is 5.92 Å². The van der Waals surface area contributed by atoms with Crippen LogP contribution in [0, 0.1) is 5.92 Å². The molecule has 1 aliphatic rings. The summed E-state index contributed by atoms with van der Waals surface area (Å²) >= 11 is 0. The molecule has 3 aromatic carbocycles. The van der Waals surface area contributed by atoms with Crippen molar-refractivity contribution in [3.8, 4) is 5.75 Å². The highest BCUT2D eigenvalue weighted by molar-refractivity contribution is 7.92. The number of piperidine rings is 1. The van der Waals surface area contributed by atoms with E-state index in [0.717, 1.165) is 5.56 Å². The quantitative estimate of drug-likeness (QED) is 0.323. The first-order valence-corrected chi connectivity index (χ1v) is 16.4. The summed E-state index contributed by atoms with van der Waals surface area (Å²) in [6.45, 7) is 2.93. The molecular weight excluding hydrogens is 550 g/mol. The molecule has 3 aromatic rings. The molecule has 2 N–H and O–H groups in total. The van der Waals surface area contributed by atoms with Crippen LogP contribution in [0.25, 0.3) is 0 Å². The van der Waals surface area contributed by atoms with Gasteiger partial charge >= 0.3 is 0 Å². The minimum Gasteiger partial charge on any atom is -0.494 e. The molecule has 0 aliphatic carbocycles. The van der Waals surface area contributed by atoms with Crippen molar-refractivity contribution in [3.63, 3.8) is 0 Å². The number of hydrogen-bond donors (Lipinski definition) is 2. The molecule has 0 radical (unpaired) electrons. The number of sulfonamides is 2. The summed E-state index contributed by atoms with van der Waals surface area (Å²) in [4.78, 5) is 13.0. The lowest BCUT2D eigenvalue weighted by Crippen LogP contribution is -2.44. The number of rotatable bonds is 12. The number of nitrogens with one attached hydrogen (secondary N) is 2. The van der Waals surface area contributed by atoms with Gasteiger partial charge in [-0.15, -0.1) is 0 Å². The van der Waals surface area contributed by atoms with Gasteiger partial charge in [-0.3, -0.25) is 9.52 Å². The van der Waals surface area contributed by atoms with Crippen LogP contribution in [0.5, 0.6) is 5.75 Å². The van der Waals surface area contributed by atoms with Crippen LogP contribution in [-0.2, 0) is 31.3 Å². The Morgan fingerprint density at radius 1 is 0.925 bits per heavy atom. The number of benzene rings is 3. The smallest absolute Gasteiger partial charge is 0.261 e. The lowest BCUT2D eigenvalue weighted by Gasteiger charge is -2.31. The number of amides is 1. The van der Waals surface area contributed by atoms with E-state index in [1.54, 1.807) is 24.3 Å².